The number of piperazine rings is 1. The number of H-pyrrole nitrogens is 1. The number of hydrogen-bond acceptors (Lipinski definition) is 7. The van der Waals surface area contributed by atoms with Crippen LogP contribution in [-0.2, 0) is 16.0 Å². The molecule has 200 valence electrons. The van der Waals surface area contributed by atoms with Crippen molar-refractivity contribution in [3.8, 4) is 0 Å². The molecular weight excluding hydrogens is 491 g/mol. The van der Waals surface area contributed by atoms with Gasteiger partial charge in [0.05, 0.1) is 16.6 Å². The highest BCUT2D eigenvalue weighted by Gasteiger charge is 2.28. The Morgan fingerprint density at radius 2 is 1.84 bits per heavy atom. The van der Waals surface area contributed by atoms with Crippen molar-refractivity contribution in [2.24, 2.45) is 5.73 Å². The second-order valence-corrected chi connectivity index (χ2v) is 9.15. The number of hydrazine groups is 1. The molecule has 1 fully saturated rings. The van der Waals surface area contributed by atoms with Gasteiger partial charge < -0.3 is 15.4 Å². The maximum absolute atomic E-state index is 14.8. The second kappa shape index (κ2) is 12.5. The quantitative estimate of drug-likeness (QED) is 0.304. The summed E-state index contributed by atoms with van der Waals surface area (Å²) in [5, 5.41) is 11.3. The predicted molar refractivity (Wildman–Crippen MR) is 140 cm³/mol. The van der Waals surface area contributed by atoms with Crippen molar-refractivity contribution in [1.29, 1.82) is 0 Å². The maximum Gasteiger partial charge on any atom is 0.272 e. The summed E-state index contributed by atoms with van der Waals surface area (Å²) < 4.78 is 14.8. The minimum atomic E-state index is -0.615. The number of nitrogens with zero attached hydrogens (tertiary/aromatic N) is 4. The van der Waals surface area contributed by atoms with E-state index in [1.165, 1.54) is 12.1 Å². The van der Waals surface area contributed by atoms with E-state index in [0.29, 0.717) is 74.0 Å². The number of aromatic amines is 1. The van der Waals surface area contributed by atoms with Crippen LogP contribution in [-0.4, -0.2) is 82.5 Å². The Kier molecular flexibility index (Phi) is 8.93. The van der Waals surface area contributed by atoms with Gasteiger partial charge in [-0.3, -0.25) is 19.4 Å². The third-order valence-corrected chi connectivity index (χ3v) is 6.63. The number of aldehydes is 1. The summed E-state index contributed by atoms with van der Waals surface area (Å²) in [5.74, 6) is -1.15. The standard InChI is InChI=1S/C27H31FN6O4/c28-23-9-8-19(18-24-20-5-1-2-6-21(20)26(37)31-30-24)17-22(23)27(38)32-12-14-33(15-13-32)34(11-10-29)25(36)7-3-4-16-35/h1-2,5-6,8-9,16-17H,3-4,7,10-15,18,29H2,(H,31,37). The van der Waals surface area contributed by atoms with E-state index in [9.17, 15) is 23.6 Å². The van der Waals surface area contributed by atoms with Crippen LogP contribution in [0.1, 0.15) is 40.9 Å². The molecule has 4 rings (SSSR count). The molecule has 0 unspecified atom stereocenters. The number of hydrogen-bond donors (Lipinski definition) is 2. The van der Waals surface area contributed by atoms with Gasteiger partial charge >= 0.3 is 0 Å². The Hall–Kier alpha value is -3.96. The molecule has 3 aromatic rings. The van der Waals surface area contributed by atoms with Gasteiger partial charge in [-0.25, -0.2) is 14.5 Å². The summed E-state index contributed by atoms with van der Waals surface area (Å²) in [6.07, 6.45) is 2.14. The van der Waals surface area contributed by atoms with E-state index in [1.54, 1.807) is 28.1 Å². The van der Waals surface area contributed by atoms with E-state index in [2.05, 4.69) is 10.2 Å². The maximum atomic E-state index is 14.8. The molecule has 0 bridgehead atoms. The highest BCUT2D eigenvalue weighted by molar-refractivity contribution is 5.95. The van der Waals surface area contributed by atoms with Crippen molar-refractivity contribution >= 4 is 28.9 Å². The van der Waals surface area contributed by atoms with Gasteiger partial charge in [-0.05, 0) is 30.2 Å². The third-order valence-electron chi connectivity index (χ3n) is 6.63. The molecule has 2 aromatic carbocycles. The summed E-state index contributed by atoms with van der Waals surface area (Å²) in [6.45, 7) is 2.07. The second-order valence-electron chi connectivity index (χ2n) is 9.15. The van der Waals surface area contributed by atoms with Crippen molar-refractivity contribution in [2.45, 2.75) is 25.7 Å². The first kappa shape index (κ1) is 27.1. The molecular formula is C27H31FN6O4. The van der Waals surface area contributed by atoms with Crippen LogP contribution >= 0.6 is 0 Å². The molecule has 1 aliphatic rings. The van der Waals surface area contributed by atoms with E-state index >= 15 is 0 Å². The summed E-state index contributed by atoms with van der Waals surface area (Å²) in [4.78, 5) is 50.1. The number of carbonyl (C=O) groups excluding carboxylic acids is 3. The van der Waals surface area contributed by atoms with Gasteiger partial charge in [-0.2, -0.15) is 5.10 Å². The molecule has 11 heteroatoms. The molecule has 10 nitrogen and oxygen atoms in total. The number of carbonyl (C=O) groups is 3. The number of nitrogens with two attached hydrogens (primary N) is 1. The highest BCUT2D eigenvalue weighted by atomic mass is 19.1. The number of halogens is 1. The summed E-state index contributed by atoms with van der Waals surface area (Å²) in [5.41, 5.74) is 6.69. The Morgan fingerprint density at radius 1 is 1.11 bits per heavy atom. The summed E-state index contributed by atoms with van der Waals surface area (Å²) >= 11 is 0. The number of nitrogens with one attached hydrogen (secondary N) is 1. The lowest BCUT2D eigenvalue weighted by molar-refractivity contribution is -0.151. The van der Waals surface area contributed by atoms with Gasteiger partial charge in [0.2, 0.25) is 5.91 Å². The average Bonchev–Trinajstić information content (AvgIpc) is 2.94. The zero-order chi connectivity index (χ0) is 27.1. The van der Waals surface area contributed by atoms with Gasteiger partial charge in [0.15, 0.2) is 0 Å². The smallest absolute Gasteiger partial charge is 0.272 e. The molecule has 2 heterocycles. The van der Waals surface area contributed by atoms with Crippen molar-refractivity contribution in [3.05, 3.63) is 75.5 Å². The Balaban J connectivity index is 1.45. The molecule has 38 heavy (non-hydrogen) atoms. The van der Waals surface area contributed by atoms with Crippen LogP contribution in [0.25, 0.3) is 10.8 Å². The van der Waals surface area contributed by atoms with Crippen LogP contribution < -0.4 is 11.3 Å². The number of benzene rings is 2. The number of fused-ring (bicyclic) bond motifs is 1. The fourth-order valence-corrected chi connectivity index (χ4v) is 4.67. The van der Waals surface area contributed by atoms with Gasteiger partial charge in [-0.15, -0.1) is 0 Å². The van der Waals surface area contributed by atoms with Gasteiger partial charge in [-0.1, -0.05) is 24.3 Å². The number of aromatic nitrogens is 2. The fourth-order valence-electron chi connectivity index (χ4n) is 4.67. The van der Waals surface area contributed by atoms with Gasteiger partial charge in [0, 0.05) is 63.9 Å². The predicted octanol–water partition coefficient (Wildman–Crippen LogP) is 1.48. The first-order valence-corrected chi connectivity index (χ1v) is 12.7. The van der Waals surface area contributed by atoms with Crippen LogP contribution in [0.5, 0.6) is 0 Å². The van der Waals surface area contributed by atoms with E-state index in [1.807, 2.05) is 17.1 Å². The molecule has 2 amide bonds. The topological polar surface area (TPSA) is 133 Å². The Bertz CT molecular complexity index is 1370. The van der Waals surface area contributed by atoms with E-state index in [-0.39, 0.29) is 30.0 Å². The van der Waals surface area contributed by atoms with Gasteiger partial charge in [0.1, 0.15) is 12.1 Å². The first-order valence-electron chi connectivity index (χ1n) is 12.7. The molecule has 1 aliphatic heterocycles. The molecule has 0 atom stereocenters. The molecule has 0 saturated carbocycles. The lowest BCUT2D eigenvalue weighted by Gasteiger charge is -2.41. The lowest BCUT2D eigenvalue weighted by atomic mass is 10.0. The zero-order valence-electron chi connectivity index (χ0n) is 21.1. The largest absolute Gasteiger partial charge is 0.336 e. The van der Waals surface area contributed by atoms with Crippen molar-refractivity contribution in [3.63, 3.8) is 0 Å². The Labute approximate surface area is 219 Å². The molecule has 0 radical (unpaired) electrons. The fraction of sp³-hybridized carbons (Fsp3) is 0.370. The Morgan fingerprint density at radius 3 is 2.55 bits per heavy atom. The molecule has 3 N–H and O–H groups in total. The summed E-state index contributed by atoms with van der Waals surface area (Å²) in [6, 6.07) is 11.5. The molecule has 0 aliphatic carbocycles. The van der Waals surface area contributed by atoms with Crippen LogP contribution in [0.15, 0.2) is 47.3 Å². The SMILES string of the molecule is NCCN(C(=O)CCCC=O)N1CCN(C(=O)c2cc(Cc3n[nH]c(=O)c4ccccc34)ccc2F)CC1. The number of rotatable bonds is 10. The van der Waals surface area contributed by atoms with E-state index in [4.69, 9.17) is 5.73 Å². The van der Waals surface area contributed by atoms with Crippen LogP contribution in [0, 0.1) is 5.82 Å². The van der Waals surface area contributed by atoms with Crippen LogP contribution in [0.3, 0.4) is 0 Å². The zero-order valence-corrected chi connectivity index (χ0v) is 21.1. The normalized spacial score (nSPS) is 14.0. The van der Waals surface area contributed by atoms with Gasteiger partial charge in [0.25, 0.3) is 11.5 Å². The monoisotopic (exact) mass is 522 g/mol. The van der Waals surface area contributed by atoms with Crippen molar-refractivity contribution < 1.29 is 18.8 Å². The minimum Gasteiger partial charge on any atom is -0.336 e. The third kappa shape index (κ3) is 6.12. The number of amides is 2. The minimum absolute atomic E-state index is 0.0339. The first-order chi connectivity index (χ1) is 18.4. The van der Waals surface area contributed by atoms with Crippen molar-refractivity contribution in [2.75, 3.05) is 39.3 Å². The van der Waals surface area contributed by atoms with Crippen LogP contribution in [0.4, 0.5) is 4.39 Å². The van der Waals surface area contributed by atoms with E-state index < -0.39 is 11.7 Å². The lowest BCUT2D eigenvalue weighted by Crippen LogP contribution is -2.57. The number of unbranched alkanes of at least 4 members (excludes halogenated alkanes) is 1. The van der Waals surface area contributed by atoms with Crippen molar-refractivity contribution in [1.82, 2.24) is 25.1 Å². The average molecular weight is 523 g/mol. The summed E-state index contributed by atoms with van der Waals surface area (Å²) in [7, 11) is 0. The molecule has 1 aromatic heterocycles. The van der Waals surface area contributed by atoms with E-state index in [0.717, 1.165) is 6.29 Å². The highest BCUT2D eigenvalue weighted by Crippen LogP contribution is 2.20. The molecule has 1 saturated heterocycles. The van der Waals surface area contributed by atoms with Crippen LogP contribution in [0.2, 0.25) is 0 Å². The molecule has 0 spiro atoms.